The number of hydrogen-bond donors (Lipinski definition) is 0. The summed E-state index contributed by atoms with van der Waals surface area (Å²) in [5.74, 6) is 0. The van der Waals surface area contributed by atoms with Crippen LogP contribution in [0.25, 0.3) is 0 Å². The van der Waals surface area contributed by atoms with Crippen LogP contribution in [0.3, 0.4) is 0 Å². The lowest BCUT2D eigenvalue weighted by Gasteiger charge is -2.18. The Labute approximate surface area is 78.0 Å². The quantitative estimate of drug-likeness (QED) is 0.564. The number of para-hydroxylation sites is 1. The van der Waals surface area contributed by atoms with Gasteiger partial charge in [-0.25, -0.2) is 0 Å². The summed E-state index contributed by atoms with van der Waals surface area (Å²) in [5, 5.41) is 2.14. The lowest BCUT2D eigenvalue weighted by molar-refractivity contribution is 0.582. The van der Waals surface area contributed by atoms with Gasteiger partial charge in [-0.15, -0.1) is 0 Å². The summed E-state index contributed by atoms with van der Waals surface area (Å²) in [4.78, 5) is 8.71. The molecule has 0 spiro atoms. The molecule has 0 bridgehead atoms. The molecular weight excluding hydrogens is 160 g/mol. The molecule has 13 heavy (non-hydrogen) atoms. The molecule has 0 aliphatic carbocycles. The fraction of sp³-hybridized carbons (Fsp3) is 0.455. The van der Waals surface area contributed by atoms with Crippen molar-refractivity contribution >= 4 is 0 Å². The number of hydrogen-bond acceptors (Lipinski definition) is 2. The Morgan fingerprint density at radius 2 is 1.92 bits per heavy atom. The van der Waals surface area contributed by atoms with Crippen molar-refractivity contribution < 1.29 is 0 Å². The van der Waals surface area contributed by atoms with E-state index in [1.165, 1.54) is 5.56 Å². The minimum Gasteiger partial charge on any atom is -0.260 e. The van der Waals surface area contributed by atoms with Crippen LogP contribution >= 0.6 is 0 Å². The molecule has 1 aromatic carbocycles. The van der Waals surface area contributed by atoms with Gasteiger partial charge in [0.05, 0.1) is 10.7 Å². The van der Waals surface area contributed by atoms with Crippen LogP contribution in [-0.2, 0) is 5.41 Å². The van der Waals surface area contributed by atoms with E-state index in [1.807, 2.05) is 6.07 Å². The fourth-order valence-electron chi connectivity index (χ4n) is 1.61. The van der Waals surface area contributed by atoms with Crippen LogP contribution in [-0.4, -0.2) is 6.67 Å². The van der Waals surface area contributed by atoms with Crippen LogP contribution in [0.4, 0.5) is 0 Å². The van der Waals surface area contributed by atoms with Crippen LogP contribution in [0, 0.1) is 0 Å². The topological polar surface area (TPSA) is 24.7 Å². The van der Waals surface area contributed by atoms with Crippen molar-refractivity contribution in [2.75, 3.05) is 6.67 Å². The molecule has 0 unspecified atom stereocenters. The minimum atomic E-state index is 0.161. The Bertz CT molecular complexity index is 438. The summed E-state index contributed by atoms with van der Waals surface area (Å²) in [7, 11) is 0. The summed E-state index contributed by atoms with van der Waals surface area (Å²) in [6.07, 6.45) is 0. The molecule has 68 valence electrons. The number of nitrogens with zero attached hydrogens (tertiary/aromatic N) is 2. The Morgan fingerprint density at radius 1 is 1.15 bits per heavy atom. The Morgan fingerprint density at radius 3 is 2.62 bits per heavy atom. The van der Waals surface area contributed by atoms with Gasteiger partial charge in [0.2, 0.25) is 0 Å². The molecule has 0 fully saturated rings. The third-order valence-corrected chi connectivity index (χ3v) is 2.29. The zero-order chi connectivity index (χ0) is 9.47. The molecule has 0 amide bonds. The molecule has 0 saturated carbocycles. The van der Waals surface area contributed by atoms with Crippen molar-refractivity contribution in [3.8, 4) is 0 Å². The smallest absolute Gasteiger partial charge is 0.130 e. The van der Waals surface area contributed by atoms with Gasteiger partial charge in [0.25, 0.3) is 0 Å². The molecule has 2 nitrogen and oxygen atoms in total. The second-order valence-electron chi connectivity index (χ2n) is 4.38. The van der Waals surface area contributed by atoms with E-state index >= 15 is 0 Å². The first kappa shape index (κ1) is 8.42. The molecular formula is C11H14N2. The molecule has 1 aliphatic rings. The summed E-state index contributed by atoms with van der Waals surface area (Å²) in [5.41, 5.74) is 1.46. The van der Waals surface area contributed by atoms with Crippen LogP contribution < -0.4 is 10.7 Å². The maximum atomic E-state index is 4.40. The Balaban J connectivity index is 2.77. The molecule has 2 rings (SSSR count). The fourth-order valence-corrected chi connectivity index (χ4v) is 1.61. The van der Waals surface area contributed by atoms with Gasteiger partial charge in [0.1, 0.15) is 6.67 Å². The van der Waals surface area contributed by atoms with Crippen molar-refractivity contribution in [1.82, 2.24) is 0 Å². The largest absolute Gasteiger partial charge is 0.260 e. The molecule has 0 aromatic heterocycles. The summed E-state index contributed by atoms with van der Waals surface area (Å²) < 4.78 is 0. The van der Waals surface area contributed by atoms with E-state index in [2.05, 4.69) is 42.9 Å². The van der Waals surface area contributed by atoms with Crippen LogP contribution in [0.1, 0.15) is 26.3 Å². The predicted molar refractivity (Wildman–Crippen MR) is 52.3 cm³/mol. The third kappa shape index (κ3) is 1.37. The van der Waals surface area contributed by atoms with Crippen molar-refractivity contribution in [2.24, 2.45) is 9.98 Å². The maximum Gasteiger partial charge on any atom is 0.130 e. The lowest BCUT2D eigenvalue weighted by Crippen LogP contribution is -2.32. The van der Waals surface area contributed by atoms with E-state index in [0.717, 1.165) is 10.7 Å². The van der Waals surface area contributed by atoms with E-state index in [4.69, 9.17) is 0 Å². The molecule has 0 N–H and O–H groups in total. The molecule has 0 radical (unpaired) electrons. The van der Waals surface area contributed by atoms with E-state index in [1.54, 1.807) is 0 Å². The first-order valence-electron chi connectivity index (χ1n) is 4.57. The monoisotopic (exact) mass is 174 g/mol. The number of rotatable bonds is 0. The van der Waals surface area contributed by atoms with Crippen molar-refractivity contribution in [3.05, 3.63) is 34.5 Å². The van der Waals surface area contributed by atoms with Crippen LogP contribution in [0.2, 0.25) is 0 Å². The molecule has 0 atom stereocenters. The summed E-state index contributed by atoms with van der Waals surface area (Å²) in [6.45, 7) is 7.21. The number of fused-ring (bicyclic) bond motifs is 1. The Kier molecular flexibility index (Phi) is 1.72. The van der Waals surface area contributed by atoms with E-state index in [-0.39, 0.29) is 5.41 Å². The highest BCUT2D eigenvalue weighted by Gasteiger charge is 2.16. The van der Waals surface area contributed by atoms with Gasteiger partial charge in [-0.2, -0.15) is 0 Å². The van der Waals surface area contributed by atoms with Crippen LogP contribution in [0.5, 0.6) is 0 Å². The highest BCUT2D eigenvalue weighted by Crippen LogP contribution is 2.17. The van der Waals surface area contributed by atoms with E-state index in [9.17, 15) is 0 Å². The zero-order valence-electron chi connectivity index (χ0n) is 8.33. The van der Waals surface area contributed by atoms with Gasteiger partial charge in [0.15, 0.2) is 0 Å². The molecule has 1 aliphatic heterocycles. The third-order valence-electron chi connectivity index (χ3n) is 2.29. The van der Waals surface area contributed by atoms with Gasteiger partial charge >= 0.3 is 0 Å². The summed E-state index contributed by atoms with van der Waals surface area (Å²) >= 11 is 0. The highest BCUT2D eigenvalue weighted by atomic mass is 15.0. The normalized spacial score (nSPS) is 14.7. The first-order chi connectivity index (χ1) is 6.09. The molecule has 1 aromatic rings. The lowest BCUT2D eigenvalue weighted by atomic mass is 9.86. The maximum absolute atomic E-state index is 4.40. The van der Waals surface area contributed by atoms with Crippen LogP contribution in [0.15, 0.2) is 28.2 Å². The molecule has 2 heteroatoms. The average molecular weight is 174 g/mol. The average Bonchev–Trinajstić information content (AvgIpc) is 2.48. The second kappa shape index (κ2) is 2.66. The zero-order valence-corrected chi connectivity index (χ0v) is 8.33. The first-order valence-corrected chi connectivity index (χ1v) is 4.57. The standard InChI is InChI=1S/C11H14N2/c1-11(2,3)8-5-4-6-9-10(8)13-7-12-9/h4-6H,7H2,1-3H3. The van der Waals surface area contributed by atoms with Crippen molar-refractivity contribution in [1.29, 1.82) is 0 Å². The predicted octanol–water partition coefficient (Wildman–Crippen LogP) is 1.19. The van der Waals surface area contributed by atoms with Crippen molar-refractivity contribution in [3.63, 3.8) is 0 Å². The van der Waals surface area contributed by atoms with Gasteiger partial charge in [-0.05, 0) is 17.0 Å². The van der Waals surface area contributed by atoms with Crippen molar-refractivity contribution in [2.45, 2.75) is 26.2 Å². The van der Waals surface area contributed by atoms with Gasteiger partial charge in [-0.1, -0.05) is 32.9 Å². The minimum absolute atomic E-state index is 0.161. The Hall–Kier alpha value is -1.18. The van der Waals surface area contributed by atoms with E-state index < -0.39 is 0 Å². The SMILES string of the molecule is CC(C)(C)c1cccc2c1=NCN=2. The van der Waals surface area contributed by atoms with Gasteiger partial charge in [-0.3, -0.25) is 9.98 Å². The number of benzene rings is 1. The highest BCUT2D eigenvalue weighted by molar-refractivity contribution is 5.22. The summed E-state index contributed by atoms with van der Waals surface area (Å²) in [6, 6.07) is 6.23. The van der Waals surface area contributed by atoms with E-state index in [0.29, 0.717) is 6.67 Å². The second-order valence-corrected chi connectivity index (χ2v) is 4.38. The van der Waals surface area contributed by atoms with Gasteiger partial charge in [0, 0.05) is 0 Å². The molecule has 0 saturated heterocycles. The molecule has 1 heterocycles. The van der Waals surface area contributed by atoms with Gasteiger partial charge < -0.3 is 0 Å².